The summed E-state index contributed by atoms with van der Waals surface area (Å²) in [5.41, 5.74) is 0. The largest absolute Gasteiger partial charge is 0.467 e. The van der Waals surface area contributed by atoms with E-state index >= 15 is 0 Å². The molecule has 18 heavy (non-hydrogen) atoms. The Bertz CT molecular complexity index is 445. The first-order valence-corrected chi connectivity index (χ1v) is 6.47. The number of hydrogen-bond donors (Lipinski definition) is 1. The van der Waals surface area contributed by atoms with Crippen molar-refractivity contribution in [3.05, 3.63) is 5.28 Å². The van der Waals surface area contributed by atoms with Gasteiger partial charge in [0, 0.05) is 12.1 Å². The number of hydrogen-bond acceptors (Lipinski definition) is 6. The maximum Gasteiger partial charge on any atom is 0.322 e. The first-order valence-electron chi connectivity index (χ1n) is 6.09. The summed E-state index contributed by atoms with van der Waals surface area (Å²) in [5.74, 6) is 0.561. The number of fused-ring (bicyclic) bond motifs is 2. The van der Waals surface area contributed by atoms with Gasteiger partial charge in [-0.3, -0.25) is 0 Å². The fourth-order valence-corrected chi connectivity index (χ4v) is 3.15. The zero-order chi connectivity index (χ0) is 12.7. The molecule has 1 N–H and O–H groups in total. The van der Waals surface area contributed by atoms with Crippen molar-refractivity contribution >= 4 is 17.5 Å². The van der Waals surface area contributed by atoms with Crippen LogP contribution in [0.15, 0.2) is 0 Å². The Morgan fingerprint density at radius 3 is 2.50 bits per heavy atom. The number of piperidine rings is 1. The van der Waals surface area contributed by atoms with Crippen LogP contribution in [0.5, 0.6) is 6.01 Å². The highest BCUT2D eigenvalue weighted by Crippen LogP contribution is 2.38. The van der Waals surface area contributed by atoms with E-state index in [-0.39, 0.29) is 17.4 Å². The predicted octanol–water partition coefficient (Wildman–Crippen LogP) is 1.03. The van der Waals surface area contributed by atoms with Crippen LogP contribution in [0.1, 0.15) is 25.7 Å². The average molecular weight is 271 g/mol. The van der Waals surface area contributed by atoms with Crippen molar-refractivity contribution in [2.45, 2.75) is 43.9 Å². The van der Waals surface area contributed by atoms with Crippen LogP contribution >= 0.6 is 11.6 Å². The van der Waals surface area contributed by atoms with E-state index in [0.717, 1.165) is 25.7 Å². The Morgan fingerprint density at radius 2 is 1.89 bits per heavy atom. The van der Waals surface area contributed by atoms with Crippen molar-refractivity contribution in [3.63, 3.8) is 0 Å². The summed E-state index contributed by atoms with van der Waals surface area (Å²) in [6.45, 7) is 0. The minimum atomic E-state index is -0.210. The maximum atomic E-state index is 9.78. The Labute approximate surface area is 110 Å². The third-order valence-electron chi connectivity index (χ3n) is 3.70. The molecule has 2 saturated heterocycles. The van der Waals surface area contributed by atoms with Crippen molar-refractivity contribution in [2.24, 2.45) is 0 Å². The zero-order valence-corrected chi connectivity index (χ0v) is 10.8. The summed E-state index contributed by atoms with van der Waals surface area (Å²) >= 11 is 5.87. The lowest BCUT2D eigenvalue weighted by Gasteiger charge is -2.37. The van der Waals surface area contributed by atoms with Gasteiger partial charge in [0.25, 0.3) is 0 Å². The fraction of sp³-hybridized carbons (Fsp3) is 0.727. The van der Waals surface area contributed by atoms with E-state index in [0.29, 0.717) is 18.0 Å². The smallest absolute Gasteiger partial charge is 0.322 e. The van der Waals surface area contributed by atoms with Gasteiger partial charge in [0.1, 0.15) is 0 Å². The summed E-state index contributed by atoms with van der Waals surface area (Å²) in [4.78, 5) is 14.5. The first-order chi connectivity index (χ1) is 8.67. The molecule has 0 amide bonds. The predicted molar refractivity (Wildman–Crippen MR) is 65.9 cm³/mol. The minimum absolute atomic E-state index is 0.141. The van der Waals surface area contributed by atoms with Crippen molar-refractivity contribution in [3.8, 4) is 6.01 Å². The molecule has 1 aromatic heterocycles. The number of aliphatic hydroxyl groups excluding tert-OH is 1. The Balaban J connectivity index is 1.93. The van der Waals surface area contributed by atoms with Crippen LogP contribution < -0.4 is 9.64 Å². The molecule has 0 aliphatic carbocycles. The van der Waals surface area contributed by atoms with Crippen molar-refractivity contribution in [1.29, 1.82) is 0 Å². The van der Waals surface area contributed by atoms with Crippen molar-refractivity contribution < 1.29 is 9.84 Å². The SMILES string of the molecule is COc1nc(Cl)nc(N2C3CCC2CC(O)C3)n1. The van der Waals surface area contributed by atoms with E-state index in [1.807, 2.05) is 0 Å². The number of aromatic nitrogens is 3. The molecule has 2 atom stereocenters. The van der Waals surface area contributed by atoms with Gasteiger partial charge >= 0.3 is 6.01 Å². The zero-order valence-electron chi connectivity index (χ0n) is 10.1. The lowest BCUT2D eigenvalue weighted by atomic mass is 10.0. The van der Waals surface area contributed by atoms with Crippen LogP contribution in [0.4, 0.5) is 5.95 Å². The maximum absolute atomic E-state index is 9.78. The monoisotopic (exact) mass is 270 g/mol. The molecule has 0 spiro atoms. The summed E-state index contributed by atoms with van der Waals surface area (Å²) in [5, 5.41) is 9.92. The van der Waals surface area contributed by atoms with E-state index in [4.69, 9.17) is 16.3 Å². The average Bonchev–Trinajstić information content (AvgIpc) is 2.61. The number of ether oxygens (including phenoxy) is 1. The highest BCUT2D eigenvalue weighted by atomic mass is 35.5. The Hall–Kier alpha value is -1.14. The van der Waals surface area contributed by atoms with Crippen LogP contribution in [-0.4, -0.2) is 45.4 Å². The van der Waals surface area contributed by atoms with Crippen LogP contribution in [0, 0.1) is 0 Å². The molecule has 98 valence electrons. The summed E-state index contributed by atoms with van der Waals surface area (Å²) in [7, 11) is 1.50. The normalized spacial score (nSPS) is 30.6. The summed E-state index contributed by atoms with van der Waals surface area (Å²) in [6.07, 6.45) is 3.45. The van der Waals surface area contributed by atoms with E-state index in [9.17, 15) is 5.11 Å². The van der Waals surface area contributed by atoms with E-state index in [1.54, 1.807) is 0 Å². The molecular weight excluding hydrogens is 256 g/mol. The molecule has 2 aliphatic rings. The molecule has 3 heterocycles. The van der Waals surface area contributed by atoms with Gasteiger partial charge in [-0.05, 0) is 37.3 Å². The second-order valence-electron chi connectivity index (χ2n) is 4.81. The van der Waals surface area contributed by atoms with Gasteiger partial charge in [-0.15, -0.1) is 0 Å². The minimum Gasteiger partial charge on any atom is -0.467 e. The van der Waals surface area contributed by atoms with Gasteiger partial charge in [-0.2, -0.15) is 15.0 Å². The van der Waals surface area contributed by atoms with Crippen molar-refractivity contribution in [1.82, 2.24) is 15.0 Å². The van der Waals surface area contributed by atoms with Gasteiger partial charge in [0.05, 0.1) is 13.2 Å². The molecule has 2 aliphatic heterocycles. The molecule has 6 nitrogen and oxygen atoms in total. The van der Waals surface area contributed by atoms with Gasteiger partial charge in [0.15, 0.2) is 0 Å². The molecular formula is C11H15ClN4O2. The molecule has 1 aromatic rings. The van der Waals surface area contributed by atoms with Crippen molar-refractivity contribution in [2.75, 3.05) is 12.0 Å². The lowest BCUT2D eigenvalue weighted by Crippen LogP contribution is -2.45. The number of methoxy groups -OCH3 is 1. The van der Waals surface area contributed by atoms with Gasteiger partial charge in [-0.1, -0.05) is 0 Å². The van der Waals surface area contributed by atoms with Crippen LogP contribution in [0.3, 0.4) is 0 Å². The fourth-order valence-electron chi connectivity index (χ4n) is 3.00. The van der Waals surface area contributed by atoms with Crippen LogP contribution in [0.25, 0.3) is 0 Å². The van der Waals surface area contributed by atoms with E-state index < -0.39 is 0 Å². The second-order valence-corrected chi connectivity index (χ2v) is 5.15. The lowest BCUT2D eigenvalue weighted by molar-refractivity contribution is 0.125. The number of nitrogens with zero attached hydrogens (tertiary/aromatic N) is 4. The standard InChI is InChI=1S/C11H15ClN4O2/c1-18-11-14-9(12)13-10(15-11)16-6-2-3-7(16)5-8(17)4-6/h6-8,17H,2-5H2,1H3. The quantitative estimate of drug-likeness (QED) is 0.865. The first kappa shape index (κ1) is 11.9. The number of halogens is 1. The molecule has 2 fully saturated rings. The second kappa shape index (κ2) is 4.51. The number of anilines is 1. The van der Waals surface area contributed by atoms with E-state index in [1.165, 1.54) is 7.11 Å². The van der Waals surface area contributed by atoms with E-state index in [2.05, 4.69) is 19.9 Å². The molecule has 2 bridgehead atoms. The molecule has 2 unspecified atom stereocenters. The van der Waals surface area contributed by atoms with Gasteiger partial charge in [-0.25, -0.2) is 0 Å². The highest BCUT2D eigenvalue weighted by molar-refractivity contribution is 6.28. The third-order valence-corrected chi connectivity index (χ3v) is 3.87. The third kappa shape index (κ3) is 1.99. The number of aliphatic hydroxyl groups is 1. The highest BCUT2D eigenvalue weighted by Gasteiger charge is 2.41. The summed E-state index contributed by atoms with van der Waals surface area (Å²) < 4.78 is 5.02. The Morgan fingerprint density at radius 1 is 1.22 bits per heavy atom. The molecule has 7 heteroatoms. The molecule has 0 aromatic carbocycles. The summed E-state index contributed by atoms with van der Waals surface area (Å²) in [6, 6.07) is 0.819. The van der Waals surface area contributed by atoms with Gasteiger partial charge in [0.2, 0.25) is 11.2 Å². The van der Waals surface area contributed by atoms with Crippen LogP contribution in [0.2, 0.25) is 5.28 Å². The van der Waals surface area contributed by atoms with Gasteiger partial charge < -0.3 is 14.7 Å². The topological polar surface area (TPSA) is 71.4 Å². The Kier molecular flexibility index (Phi) is 2.99. The molecule has 0 radical (unpaired) electrons. The number of rotatable bonds is 2. The molecule has 0 saturated carbocycles. The van der Waals surface area contributed by atoms with Crippen LogP contribution in [-0.2, 0) is 0 Å². The molecule has 3 rings (SSSR count).